The van der Waals surface area contributed by atoms with Crippen molar-refractivity contribution in [1.82, 2.24) is 0 Å². The zero-order valence-electron chi connectivity index (χ0n) is 13.4. The molecule has 3 nitrogen and oxygen atoms in total. The molecule has 0 aromatic heterocycles. The number of benzene rings is 2. The van der Waals surface area contributed by atoms with Gasteiger partial charge in [0.2, 0.25) is 0 Å². The normalized spacial score (nSPS) is 10.3. The van der Waals surface area contributed by atoms with Crippen LogP contribution in [0.4, 0.5) is 0 Å². The van der Waals surface area contributed by atoms with Gasteiger partial charge in [-0.15, -0.1) is 0 Å². The van der Waals surface area contributed by atoms with Crippen molar-refractivity contribution < 1.29 is 14.2 Å². The molecular weight excluding hydrogens is 276 g/mol. The van der Waals surface area contributed by atoms with Crippen molar-refractivity contribution in [3.8, 4) is 17.2 Å². The highest BCUT2D eigenvalue weighted by Crippen LogP contribution is 2.17. The van der Waals surface area contributed by atoms with E-state index in [1.807, 2.05) is 36.4 Å². The van der Waals surface area contributed by atoms with Crippen LogP contribution in [0.2, 0.25) is 0 Å². The average Bonchev–Trinajstić information content (AvgIpc) is 2.59. The van der Waals surface area contributed by atoms with Gasteiger partial charge in [-0.25, -0.2) is 0 Å². The zero-order chi connectivity index (χ0) is 15.6. The number of methoxy groups -OCH3 is 2. The highest BCUT2D eigenvalue weighted by atomic mass is 16.5. The second-order valence-corrected chi connectivity index (χ2v) is 5.18. The Balaban J connectivity index is 1.58. The van der Waals surface area contributed by atoms with E-state index in [0.717, 1.165) is 36.7 Å². The summed E-state index contributed by atoms with van der Waals surface area (Å²) in [5.74, 6) is 2.67. The summed E-state index contributed by atoms with van der Waals surface area (Å²) in [6, 6.07) is 16.0. The molecule has 0 fully saturated rings. The fourth-order valence-corrected chi connectivity index (χ4v) is 2.26. The van der Waals surface area contributed by atoms with Crippen molar-refractivity contribution in [2.75, 3.05) is 20.8 Å². The standard InChI is InChI=1S/C19H24O3/c1-20-17-9-7-16(8-10-17)6-4-3-5-15-22-19-13-11-18(21-2)12-14-19/h7-14H,3-6,15H2,1-2H3. The van der Waals surface area contributed by atoms with Gasteiger partial charge in [0, 0.05) is 0 Å². The summed E-state index contributed by atoms with van der Waals surface area (Å²) in [5.41, 5.74) is 1.36. The predicted octanol–water partition coefficient (Wildman–Crippen LogP) is 4.50. The van der Waals surface area contributed by atoms with Gasteiger partial charge in [-0.3, -0.25) is 0 Å². The molecule has 0 saturated carbocycles. The van der Waals surface area contributed by atoms with E-state index in [2.05, 4.69) is 12.1 Å². The van der Waals surface area contributed by atoms with Crippen LogP contribution in [0.15, 0.2) is 48.5 Å². The third-order valence-corrected chi connectivity index (χ3v) is 3.60. The van der Waals surface area contributed by atoms with E-state index in [1.165, 1.54) is 18.4 Å². The predicted molar refractivity (Wildman–Crippen MR) is 89.0 cm³/mol. The summed E-state index contributed by atoms with van der Waals surface area (Å²) in [7, 11) is 3.36. The molecule has 0 amide bonds. The van der Waals surface area contributed by atoms with E-state index in [-0.39, 0.29) is 0 Å². The average molecular weight is 300 g/mol. The lowest BCUT2D eigenvalue weighted by molar-refractivity contribution is 0.304. The maximum absolute atomic E-state index is 5.72. The Bertz CT molecular complexity index is 480. The van der Waals surface area contributed by atoms with E-state index in [9.17, 15) is 0 Å². The quantitative estimate of drug-likeness (QED) is 0.638. The first-order valence-electron chi connectivity index (χ1n) is 7.71. The third kappa shape index (κ3) is 5.32. The van der Waals surface area contributed by atoms with Crippen molar-refractivity contribution in [3.63, 3.8) is 0 Å². The topological polar surface area (TPSA) is 27.7 Å². The second kappa shape index (κ2) is 8.98. The Labute approximate surface area is 132 Å². The molecule has 0 bridgehead atoms. The monoisotopic (exact) mass is 300 g/mol. The summed E-state index contributed by atoms with van der Waals surface area (Å²) in [4.78, 5) is 0. The summed E-state index contributed by atoms with van der Waals surface area (Å²) >= 11 is 0. The number of hydrogen-bond donors (Lipinski definition) is 0. The summed E-state index contributed by atoms with van der Waals surface area (Å²) in [6.07, 6.45) is 4.52. The smallest absolute Gasteiger partial charge is 0.119 e. The molecule has 0 heterocycles. The Morgan fingerprint density at radius 1 is 0.636 bits per heavy atom. The van der Waals surface area contributed by atoms with Crippen LogP contribution in [-0.4, -0.2) is 20.8 Å². The maximum Gasteiger partial charge on any atom is 0.119 e. The van der Waals surface area contributed by atoms with Crippen LogP contribution in [0.3, 0.4) is 0 Å². The first-order chi connectivity index (χ1) is 10.8. The highest BCUT2D eigenvalue weighted by Gasteiger charge is 1.97. The van der Waals surface area contributed by atoms with Gasteiger partial charge in [0.15, 0.2) is 0 Å². The van der Waals surface area contributed by atoms with E-state index in [4.69, 9.17) is 14.2 Å². The fraction of sp³-hybridized carbons (Fsp3) is 0.368. The Morgan fingerprint density at radius 2 is 1.18 bits per heavy atom. The molecule has 0 aliphatic heterocycles. The lowest BCUT2D eigenvalue weighted by Crippen LogP contribution is -1.97. The van der Waals surface area contributed by atoms with Gasteiger partial charge >= 0.3 is 0 Å². The van der Waals surface area contributed by atoms with E-state index < -0.39 is 0 Å². The molecule has 22 heavy (non-hydrogen) atoms. The molecule has 0 unspecified atom stereocenters. The van der Waals surface area contributed by atoms with Crippen molar-refractivity contribution in [2.24, 2.45) is 0 Å². The van der Waals surface area contributed by atoms with Crippen molar-refractivity contribution in [3.05, 3.63) is 54.1 Å². The minimum atomic E-state index is 0.759. The summed E-state index contributed by atoms with van der Waals surface area (Å²) in [6.45, 7) is 0.759. The maximum atomic E-state index is 5.72. The minimum absolute atomic E-state index is 0.759. The molecule has 2 aromatic rings. The van der Waals surface area contributed by atoms with E-state index in [0.29, 0.717) is 0 Å². The van der Waals surface area contributed by atoms with Gasteiger partial charge in [-0.1, -0.05) is 12.1 Å². The van der Waals surface area contributed by atoms with E-state index in [1.54, 1.807) is 14.2 Å². The first-order valence-corrected chi connectivity index (χ1v) is 7.71. The van der Waals surface area contributed by atoms with Gasteiger partial charge in [0.25, 0.3) is 0 Å². The van der Waals surface area contributed by atoms with Crippen LogP contribution < -0.4 is 14.2 Å². The molecule has 118 valence electrons. The Hall–Kier alpha value is -2.16. The summed E-state index contributed by atoms with van der Waals surface area (Å²) < 4.78 is 16.0. The number of hydrogen-bond acceptors (Lipinski definition) is 3. The van der Waals surface area contributed by atoms with Crippen molar-refractivity contribution in [2.45, 2.75) is 25.7 Å². The van der Waals surface area contributed by atoms with Crippen molar-refractivity contribution in [1.29, 1.82) is 0 Å². The Kier molecular flexibility index (Phi) is 6.62. The van der Waals surface area contributed by atoms with Crippen LogP contribution in [0.5, 0.6) is 17.2 Å². The molecule has 0 saturated heterocycles. The van der Waals surface area contributed by atoms with Crippen LogP contribution in [0, 0.1) is 0 Å². The molecule has 0 N–H and O–H groups in total. The molecule has 2 aromatic carbocycles. The lowest BCUT2D eigenvalue weighted by atomic mass is 10.1. The van der Waals surface area contributed by atoms with Gasteiger partial charge < -0.3 is 14.2 Å². The van der Waals surface area contributed by atoms with Crippen LogP contribution in [-0.2, 0) is 6.42 Å². The second-order valence-electron chi connectivity index (χ2n) is 5.18. The molecule has 0 aliphatic rings. The largest absolute Gasteiger partial charge is 0.497 e. The molecule has 0 radical (unpaired) electrons. The molecular formula is C19H24O3. The van der Waals surface area contributed by atoms with Gasteiger partial charge in [-0.2, -0.15) is 0 Å². The zero-order valence-corrected chi connectivity index (χ0v) is 13.4. The molecule has 0 atom stereocenters. The SMILES string of the molecule is COc1ccc(CCCCCOc2ccc(OC)cc2)cc1. The first kappa shape index (κ1) is 16.2. The van der Waals surface area contributed by atoms with Gasteiger partial charge in [0.05, 0.1) is 20.8 Å². The molecule has 0 spiro atoms. The number of aryl methyl sites for hydroxylation is 1. The molecule has 3 heteroatoms. The summed E-state index contributed by atoms with van der Waals surface area (Å²) in [5, 5.41) is 0. The minimum Gasteiger partial charge on any atom is -0.497 e. The Morgan fingerprint density at radius 3 is 1.77 bits per heavy atom. The third-order valence-electron chi connectivity index (χ3n) is 3.60. The number of rotatable bonds is 9. The van der Waals surface area contributed by atoms with Crippen LogP contribution in [0.25, 0.3) is 0 Å². The number of ether oxygens (including phenoxy) is 3. The fourth-order valence-electron chi connectivity index (χ4n) is 2.26. The van der Waals surface area contributed by atoms with Gasteiger partial charge in [0.1, 0.15) is 17.2 Å². The van der Waals surface area contributed by atoms with E-state index >= 15 is 0 Å². The molecule has 2 rings (SSSR count). The number of unbranched alkanes of at least 4 members (excludes halogenated alkanes) is 2. The highest BCUT2D eigenvalue weighted by molar-refractivity contribution is 5.31. The van der Waals surface area contributed by atoms with Crippen LogP contribution >= 0.6 is 0 Å². The van der Waals surface area contributed by atoms with Crippen LogP contribution in [0.1, 0.15) is 24.8 Å². The van der Waals surface area contributed by atoms with Gasteiger partial charge in [-0.05, 0) is 67.6 Å². The van der Waals surface area contributed by atoms with Crippen molar-refractivity contribution >= 4 is 0 Å². The lowest BCUT2D eigenvalue weighted by Gasteiger charge is -2.07. The molecule has 0 aliphatic carbocycles.